The quantitative estimate of drug-likeness (QED) is 0.0323. The first kappa shape index (κ1) is 53.6. The van der Waals surface area contributed by atoms with Crippen molar-refractivity contribution in [1.29, 1.82) is 0 Å². The van der Waals surface area contributed by atoms with E-state index in [4.69, 9.17) is 23.7 Å². The van der Waals surface area contributed by atoms with Gasteiger partial charge in [-0.1, -0.05) is 68.9 Å². The summed E-state index contributed by atoms with van der Waals surface area (Å²) < 4.78 is 27.2. The van der Waals surface area contributed by atoms with Crippen LogP contribution in [0.5, 0.6) is 0 Å². The number of rotatable bonds is 32. The summed E-state index contributed by atoms with van der Waals surface area (Å²) in [5.41, 5.74) is -0.182. The molecule has 0 bridgehead atoms. The van der Waals surface area contributed by atoms with Crippen molar-refractivity contribution in [2.75, 3.05) is 52.6 Å². The lowest BCUT2D eigenvalue weighted by molar-refractivity contribution is -0.145. The van der Waals surface area contributed by atoms with Crippen molar-refractivity contribution in [1.82, 2.24) is 26.6 Å². The lowest BCUT2D eigenvalue weighted by Crippen LogP contribution is -2.42. The third-order valence-corrected chi connectivity index (χ3v) is 8.42. The number of carbonyl (C=O) groups is 6. The molecule has 16 heteroatoms. The fraction of sp³-hybridized carbons (Fsp3) is 0.727. The van der Waals surface area contributed by atoms with E-state index in [1.54, 1.807) is 41.5 Å². The van der Waals surface area contributed by atoms with Gasteiger partial charge in [0.2, 0.25) is 17.7 Å². The lowest BCUT2D eigenvalue weighted by atomic mass is 10.1. The highest BCUT2D eigenvalue weighted by molar-refractivity contribution is 5.77. The van der Waals surface area contributed by atoms with Gasteiger partial charge in [0.15, 0.2) is 0 Å². The number of ether oxygens (including phenoxy) is 5. The summed E-state index contributed by atoms with van der Waals surface area (Å²) in [5.74, 6) is -0.687. The number of unbranched alkanes of at least 4 members (excludes halogenated alkanes) is 7. The molecule has 0 saturated carbocycles. The highest BCUT2D eigenvalue weighted by Crippen LogP contribution is 2.12. The van der Waals surface area contributed by atoms with Crippen LogP contribution in [0.25, 0.3) is 0 Å². The van der Waals surface area contributed by atoms with E-state index in [0.717, 1.165) is 56.9 Å². The van der Waals surface area contributed by atoms with Crippen molar-refractivity contribution in [3.8, 4) is 0 Å². The van der Waals surface area contributed by atoms with Crippen LogP contribution in [-0.4, -0.2) is 106 Å². The van der Waals surface area contributed by atoms with Crippen LogP contribution in [0.2, 0.25) is 0 Å². The Hall–Kier alpha value is -4.44. The number of nitrogens with one attached hydrogen (secondary N) is 5. The van der Waals surface area contributed by atoms with Crippen LogP contribution in [0.1, 0.15) is 137 Å². The minimum atomic E-state index is -0.582. The van der Waals surface area contributed by atoms with E-state index in [-0.39, 0.29) is 63.0 Å². The molecule has 0 aliphatic carbocycles. The van der Waals surface area contributed by atoms with Gasteiger partial charge in [0.1, 0.15) is 17.8 Å². The van der Waals surface area contributed by atoms with Crippen LogP contribution in [0.3, 0.4) is 0 Å². The topological polar surface area (TPSA) is 209 Å². The molecule has 1 aromatic carbocycles. The lowest BCUT2D eigenvalue weighted by Gasteiger charge is -2.20. The maximum absolute atomic E-state index is 12.8. The van der Waals surface area contributed by atoms with Crippen LogP contribution in [0.4, 0.5) is 9.59 Å². The van der Waals surface area contributed by atoms with Gasteiger partial charge < -0.3 is 50.3 Å². The summed E-state index contributed by atoms with van der Waals surface area (Å²) in [6, 6.07) is 9.17. The van der Waals surface area contributed by atoms with Gasteiger partial charge in [0.25, 0.3) is 0 Å². The monoisotopic (exact) mass is 850 g/mol. The summed E-state index contributed by atoms with van der Waals surface area (Å²) >= 11 is 0. The predicted octanol–water partition coefficient (Wildman–Crippen LogP) is 5.99. The van der Waals surface area contributed by atoms with Gasteiger partial charge >= 0.3 is 18.2 Å². The summed E-state index contributed by atoms with van der Waals surface area (Å²) in [6.45, 7) is 13.0. The van der Waals surface area contributed by atoms with Crippen LogP contribution in [-0.2, 0) is 49.5 Å². The van der Waals surface area contributed by atoms with Crippen molar-refractivity contribution in [2.24, 2.45) is 0 Å². The van der Waals surface area contributed by atoms with Gasteiger partial charge in [-0.2, -0.15) is 0 Å². The first-order valence-electron chi connectivity index (χ1n) is 21.6. The summed E-state index contributed by atoms with van der Waals surface area (Å²) in [4.78, 5) is 72.9. The third kappa shape index (κ3) is 34.4. The number of amides is 5. The second kappa shape index (κ2) is 32.3. The maximum atomic E-state index is 12.8. The third-order valence-electron chi connectivity index (χ3n) is 8.42. The molecule has 0 heterocycles. The summed E-state index contributed by atoms with van der Waals surface area (Å²) in [6.07, 6.45) is 8.78. The Morgan fingerprint density at radius 2 is 0.950 bits per heavy atom. The number of alkyl carbamates (subject to hydrolysis) is 2. The minimum Gasteiger partial charge on any atom is -0.461 e. The molecule has 1 rings (SSSR count). The molecule has 0 radical (unpaired) electrons. The zero-order chi connectivity index (χ0) is 44.5. The van der Waals surface area contributed by atoms with Crippen molar-refractivity contribution < 1.29 is 52.5 Å². The molecular weight excluding hydrogens is 775 g/mol. The zero-order valence-electron chi connectivity index (χ0n) is 37.2. The zero-order valence-corrected chi connectivity index (χ0v) is 37.2. The highest BCUT2D eigenvalue weighted by atomic mass is 16.6. The summed E-state index contributed by atoms with van der Waals surface area (Å²) in [5, 5.41) is 13.8. The molecule has 16 nitrogen and oxygen atoms in total. The van der Waals surface area contributed by atoms with E-state index in [0.29, 0.717) is 58.5 Å². The van der Waals surface area contributed by atoms with E-state index < -0.39 is 29.4 Å². The van der Waals surface area contributed by atoms with Crippen molar-refractivity contribution in [2.45, 2.75) is 155 Å². The smallest absolute Gasteiger partial charge is 0.407 e. The normalized spacial score (nSPS) is 11.4. The Bertz CT molecular complexity index is 1310. The first-order valence-corrected chi connectivity index (χ1v) is 21.6. The Morgan fingerprint density at radius 3 is 1.42 bits per heavy atom. The van der Waals surface area contributed by atoms with Gasteiger partial charge in [0.05, 0.1) is 32.5 Å². The van der Waals surface area contributed by atoms with E-state index >= 15 is 0 Å². The molecule has 342 valence electrons. The van der Waals surface area contributed by atoms with Crippen LogP contribution in [0, 0.1) is 0 Å². The molecule has 0 aliphatic rings. The fourth-order valence-corrected chi connectivity index (χ4v) is 5.46. The number of benzene rings is 1. The van der Waals surface area contributed by atoms with Gasteiger partial charge in [-0.05, 0) is 72.8 Å². The van der Waals surface area contributed by atoms with Gasteiger partial charge in [-0.3, -0.25) is 19.2 Å². The number of esters is 1. The van der Waals surface area contributed by atoms with E-state index in [1.807, 2.05) is 30.3 Å². The molecule has 5 N–H and O–H groups in total. The van der Waals surface area contributed by atoms with Crippen molar-refractivity contribution >= 4 is 35.9 Å². The van der Waals surface area contributed by atoms with E-state index in [9.17, 15) is 28.8 Å². The first-order chi connectivity index (χ1) is 28.5. The Balaban J connectivity index is 2.32. The standard InChI is InChI=1S/C44H75N5O11/c1-43(2,3)59-41(54)47-28-18-26-45-37(50)24-30-56-33-36(34-57-31-25-38(51)46-27-19-29-48-42(55)60-44(4,5)6)49-39(52)22-16-11-9-7-8-10-12-17-23-40(53)58-32-35-20-14-13-15-21-35/h13-15,20-21,36H,7-12,16-19,22-34H2,1-6H3,(H,45,50)(H,46,51)(H,47,54)(H,48,55)(H,49,52). The minimum absolute atomic E-state index is 0.121. The van der Waals surface area contributed by atoms with Crippen molar-refractivity contribution in [3.05, 3.63) is 35.9 Å². The molecule has 0 fully saturated rings. The second-order valence-electron chi connectivity index (χ2n) is 16.7. The van der Waals surface area contributed by atoms with Crippen molar-refractivity contribution in [3.63, 3.8) is 0 Å². The van der Waals surface area contributed by atoms with Crippen LogP contribution >= 0.6 is 0 Å². The van der Waals surface area contributed by atoms with E-state index in [2.05, 4.69) is 26.6 Å². The average Bonchev–Trinajstić information content (AvgIpc) is 3.16. The molecule has 0 aromatic heterocycles. The molecule has 0 aliphatic heterocycles. The Kier molecular flexibility index (Phi) is 28.9. The fourth-order valence-electron chi connectivity index (χ4n) is 5.46. The molecular formula is C44H75N5O11. The second-order valence-corrected chi connectivity index (χ2v) is 16.7. The number of hydrogen-bond donors (Lipinski definition) is 5. The van der Waals surface area contributed by atoms with Crippen LogP contribution < -0.4 is 26.6 Å². The van der Waals surface area contributed by atoms with Gasteiger partial charge in [-0.25, -0.2) is 9.59 Å². The van der Waals surface area contributed by atoms with Crippen LogP contribution in [0.15, 0.2) is 30.3 Å². The number of carbonyl (C=O) groups excluding carboxylic acids is 6. The largest absolute Gasteiger partial charge is 0.461 e. The van der Waals surface area contributed by atoms with Gasteiger partial charge in [0, 0.05) is 51.9 Å². The Morgan fingerprint density at radius 1 is 0.517 bits per heavy atom. The highest BCUT2D eigenvalue weighted by Gasteiger charge is 2.17. The molecule has 0 atom stereocenters. The molecule has 0 unspecified atom stereocenters. The molecule has 60 heavy (non-hydrogen) atoms. The maximum Gasteiger partial charge on any atom is 0.407 e. The predicted molar refractivity (Wildman–Crippen MR) is 229 cm³/mol. The Labute approximate surface area is 358 Å². The van der Waals surface area contributed by atoms with E-state index in [1.165, 1.54) is 0 Å². The number of hydrogen-bond acceptors (Lipinski definition) is 11. The SMILES string of the molecule is CC(C)(C)OC(=O)NCCCNC(=O)CCOCC(COCCC(=O)NCCCNC(=O)OC(C)(C)C)NC(=O)CCCCCCCCCCC(=O)OCc1ccccc1. The molecule has 0 spiro atoms. The molecule has 5 amide bonds. The van der Waals surface area contributed by atoms with Gasteiger partial charge in [-0.15, -0.1) is 0 Å². The molecule has 1 aromatic rings. The summed E-state index contributed by atoms with van der Waals surface area (Å²) in [7, 11) is 0. The average molecular weight is 850 g/mol. The molecule has 0 saturated heterocycles.